The average molecular weight is 385 g/mol. The molecule has 4 atom stereocenters. The number of fused-ring (bicyclic) bond motifs is 2. The number of carbonyl (C=O) groups excluding carboxylic acids is 3. The second kappa shape index (κ2) is 7.11. The fourth-order valence-electron chi connectivity index (χ4n) is 4.70. The van der Waals surface area contributed by atoms with Crippen LogP contribution in [0.1, 0.15) is 45.1 Å². The van der Waals surface area contributed by atoms with E-state index in [1.165, 1.54) is 6.42 Å². The Labute approximate surface area is 164 Å². The predicted molar refractivity (Wildman–Crippen MR) is 103 cm³/mol. The summed E-state index contributed by atoms with van der Waals surface area (Å²) in [5.74, 6) is 0.867. The van der Waals surface area contributed by atoms with Gasteiger partial charge in [-0.1, -0.05) is 44.9 Å². The summed E-state index contributed by atoms with van der Waals surface area (Å²) < 4.78 is 5.63. The van der Waals surface area contributed by atoms with Crippen LogP contribution in [0, 0.1) is 11.8 Å². The molecule has 1 aromatic rings. The molecule has 4 rings (SSSR count). The van der Waals surface area contributed by atoms with Crippen LogP contribution < -0.4 is 15.4 Å². The van der Waals surface area contributed by atoms with Gasteiger partial charge in [-0.2, -0.15) is 0 Å². The SMILES string of the molecule is C[C@H]1[C@H](C)CCC[C@@H]1NC(=O)CN1C(=O)N[C@]2(CCOc3ccccc32)C1=O. The minimum atomic E-state index is -1.14. The Balaban J connectivity index is 1.49. The summed E-state index contributed by atoms with van der Waals surface area (Å²) in [5.41, 5.74) is -0.490. The number of nitrogens with one attached hydrogen (secondary N) is 2. The van der Waals surface area contributed by atoms with E-state index in [1.54, 1.807) is 12.1 Å². The summed E-state index contributed by atoms with van der Waals surface area (Å²) in [7, 11) is 0. The zero-order chi connectivity index (χ0) is 19.9. The van der Waals surface area contributed by atoms with Gasteiger partial charge in [0.2, 0.25) is 5.91 Å². The molecule has 4 amide bonds. The molecule has 1 spiro atoms. The quantitative estimate of drug-likeness (QED) is 0.781. The van der Waals surface area contributed by atoms with Crippen molar-refractivity contribution in [1.82, 2.24) is 15.5 Å². The van der Waals surface area contributed by atoms with Crippen LogP contribution in [-0.4, -0.2) is 41.9 Å². The van der Waals surface area contributed by atoms with Crippen molar-refractivity contribution in [2.24, 2.45) is 11.8 Å². The molecule has 0 aromatic heterocycles. The maximum Gasteiger partial charge on any atom is 0.325 e. The maximum absolute atomic E-state index is 13.2. The van der Waals surface area contributed by atoms with Crippen molar-refractivity contribution < 1.29 is 19.1 Å². The number of ether oxygens (including phenoxy) is 1. The molecule has 2 aliphatic heterocycles. The number of urea groups is 1. The number of hydrogen-bond acceptors (Lipinski definition) is 4. The summed E-state index contributed by atoms with van der Waals surface area (Å²) in [6, 6.07) is 6.79. The Morgan fingerprint density at radius 2 is 2.07 bits per heavy atom. The van der Waals surface area contributed by atoms with E-state index in [2.05, 4.69) is 24.5 Å². The van der Waals surface area contributed by atoms with Gasteiger partial charge in [0.25, 0.3) is 5.91 Å². The molecule has 7 heteroatoms. The summed E-state index contributed by atoms with van der Waals surface area (Å²) in [6.07, 6.45) is 3.54. The largest absolute Gasteiger partial charge is 0.493 e. The second-order valence-electron chi connectivity index (χ2n) is 8.26. The van der Waals surface area contributed by atoms with Crippen LogP contribution in [0.4, 0.5) is 4.79 Å². The highest BCUT2D eigenvalue weighted by Crippen LogP contribution is 2.40. The lowest BCUT2D eigenvalue weighted by molar-refractivity contribution is -0.136. The van der Waals surface area contributed by atoms with Crippen LogP contribution >= 0.6 is 0 Å². The number of hydrogen-bond donors (Lipinski definition) is 2. The smallest absolute Gasteiger partial charge is 0.325 e. The number of benzene rings is 1. The van der Waals surface area contributed by atoms with Crippen molar-refractivity contribution in [2.45, 2.75) is 51.1 Å². The molecule has 2 fully saturated rings. The summed E-state index contributed by atoms with van der Waals surface area (Å²) >= 11 is 0. The highest BCUT2D eigenvalue weighted by atomic mass is 16.5. The molecule has 28 heavy (non-hydrogen) atoms. The molecule has 1 saturated heterocycles. The molecule has 150 valence electrons. The molecule has 0 bridgehead atoms. The van der Waals surface area contributed by atoms with Crippen molar-refractivity contribution in [2.75, 3.05) is 13.2 Å². The van der Waals surface area contributed by atoms with Gasteiger partial charge in [0, 0.05) is 18.0 Å². The minimum absolute atomic E-state index is 0.0924. The molecule has 7 nitrogen and oxygen atoms in total. The lowest BCUT2D eigenvalue weighted by Crippen LogP contribution is -2.50. The highest BCUT2D eigenvalue weighted by molar-refractivity contribution is 6.09. The van der Waals surface area contributed by atoms with Gasteiger partial charge in [-0.15, -0.1) is 0 Å². The van der Waals surface area contributed by atoms with Crippen LogP contribution in [0.15, 0.2) is 24.3 Å². The van der Waals surface area contributed by atoms with E-state index < -0.39 is 11.6 Å². The molecule has 0 radical (unpaired) electrons. The first-order chi connectivity index (χ1) is 13.4. The third-order valence-electron chi connectivity index (χ3n) is 6.61. The van der Waals surface area contributed by atoms with Crippen molar-refractivity contribution in [3.05, 3.63) is 29.8 Å². The number of para-hydroxylation sites is 1. The molecular weight excluding hydrogens is 358 g/mol. The van der Waals surface area contributed by atoms with Gasteiger partial charge in [0.15, 0.2) is 5.54 Å². The van der Waals surface area contributed by atoms with E-state index in [0.717, 1.165) is 17.7 Å². The topological polar surface area (TPSA) is 87.7 Å². The monoisotopic (exact) mass is 385 g/mol. The first-order valence-electron chi connectivity index (χ1n) is 10.1. The fourth-order valence-corrected chi connectivity index (χ4v) is 4.70. The van der Waals surface area contributed by atoms with Crippen molar-refractivity contribution in [1.29, 1.82) is 0 Å². The molecule has 3 aliphatic rings. The maximum atomic E-state index is 13.2. The number of rotatable bonds is 3. The van der Waals surface area contributed by atoms with Crippen LogP contribution in [0.3, 0.4) is 0 Å². The fraction of sp³-hybridized carbons (Fsp3) is 0.571. The first kappa shape index (κ1) is 18.8. The Bertz CT molecular complexity index is 811. The Morgan fingerprint density at radius 1 is 1.29 bits per heavy atom. The minimum Gasteiger partial charge on any atom is -0.493 e. The Morgan fingerprint density at radius 3 is 2.89 bits per heavy atom. The molecule has 0 unspecified atom stereocenters. The molecule has 2 heterocycles. The number of nitrogens with zero attached hydrogens (tertiary/aromatic N) is 1. The zero-order valence-electron chi connectivity index (χ0n) is 16.4. The second-order valence-corrected chi connectivity index (χ2v) is 8.26. The van der Waals surface area contributed by atoms with Gasteiger partial charge in [0.1, 0.15) is 12.3 Å². The van der Waals surface area contributed by atoms with Crippen LogP contribution in [0.25, 0.3) is 0 Å². The van der Waals surface area contributed by atoms with E-state index in [1.807, 2.05) is 12.1 Å². The molecule has 1 saturated carbocycles. The van der Waals surface area contributed by atoms with Gasteiger partial charge in [-0.25, -0.2) is 4.79 Å². The number of carbonyl (C=O) groups is 3. The molecular formula is C21H27N3O4. The lowest BCUT2D eigenvalue weighted by atomic mass is 9.78. The van der Waals surface area contributed by atoms with Crippen LogP contribution in [0.2, 0.25) is 0 Å². The number of amides is 4. The summed E-state index contributed by atoms with van der Waals surface area (Å²) in [4.78, 5) is 39.4. The zero-order valence-corrected chi connectivity index (χ0v) is 16.4. The standard InChI is InChI=1S/C21H27N3O4/c1-13-6-5-8-16(14(13)2)22-18(25)12-24-19(26)21(23-20(24)27)10-11-28-17-9-4-3-7-15(17)21/h3-4,7,9,13-14,16H,5-6,8,10-12H2,1-2H3,(H,22,25)(H,23,27)/t13-,14+,16+,21+/m1/s1. The third-order valence-corrected chi connectivity index (χ3v) is 6.61. The van der Waals surface area contributed by atoms with Crippen molar-refractivity contribution >= 4 is 17.8 Å². The molecule has 1 aliphatic carbocycles. The Kier molecular flexibility index (Phi) is 4.77. The average Bonchev–Trinajstić information content (AvgIpc) is 2.91. The van der Waals surface area contributed by atoms with E-state index in [-0.39, 0.29) is 24.4 Å². The van der Waals surface area contributed by atoms with Gasteiger partial charge >= 0.3 is 6.03 Å². The van der Waals surface area contributed by atoms with E-state index in [9.17, 15) is 14.4 Å². The summed E-state index contributed by atoms with van der Waals surface area (Å²) in [5, 5.41) is 5.87. The van der Waals surface area contributed by atoms with E-state index in [0.29, 0.717) is 36.2 Å². The highest BCUT2D eigenvalue weighted by Gasteiger charge is 2.55. The first-order valence-corrected chi connectivity index (χ1v) is 10.1. The van der Waals surface area contributed by atoms with Gasteiger partial charge in [-0.05, 0) is 24.3 Å². The van der Waals surface area contributed by atoms with Crippen LogP contribution in [0.5, 0.6) is 5.75 Å². The van der Waals surface area contributed by atoms with Gasteiger partial charge < -0.3 is 15.4 Å². The van der Waals surface area contributed by atoms with E-state index in [4.69, 9.17) is 4.74 Å². The predicted octanol–water partition coefficient (Wildman–Crippen LogP) is 2.16. The number of imide groups is 1. The van der Waals surface area contributed by atoms with Gasteiger partial charge in [0.05, 0.1) is 6.61 Å². The lowest BCUT2D eigenvalue weighted by Gasteiger charge is -2.35. The Hall–Kier alpha value is -2.57. The van der Waals surface area contributed by atoms with Crippen molar-refractivity contribution in [3.8, 4) is 5.75 Å². The van der Waals surface area contributed by atoms with Crippen molar-refractivity contribution in [3.63, 3.8) is 0 Å². The molecule has 2 N–H and O–H groups in total. The normalized spacial score (nSPS) is 31.9. The summed E-state index contributed by atoms with van der Waals surface area (Å²) in [6.45, 7) is 4.43. The third kappa shape index (κ3) is 3.02. The molecule has 1 aromatic carbocycles. The van der Waals surface area contributed by atoms with E-state index >= 15 is 0 Å². The van der Waals surface area contributed by atoms with Crippen LogP contribution in [-0.2, 0) is 15.1 Å². The van der Waals surface area contributed by atoms with Gasteiger partial charge in [-0.3, -0.25) is 14.5 Å².